The Kier molecular flexibility index (Phi) is 5.17. The van der Waals surface area contributed by atoms with Gasteiger partial charge >= 0.3 is 11.9 Å². The van der Waals surface area contributed by atoms with Crippen LogP contribution in [0.4, 0.5) is 0 Å². The summed E-state index contributed by atoms with van der Waals surface area (Å²) in [7, 11) is 0. The van der Waals surface area contributed by atoms with Crippen LogP contribution in [0.25, 0.3) is 10.8 Å². The van der Waals surface area contributed by atoms with Crippen LogP contribution in [0.3, 0.4) is 0 Å². The van der Waals surface area contributed by atoms with Gasteiger partial charge in [-0.1, -0.05) is 54.6 Å². The second kappa shape index (κ2) is 7.70. The molecular weight excluding hydrogens is 332 g/mol. The molecule has 0 radical (unpaired) electrons. The van der Waals surface area contributed by atoms with Crippen LogP contribution in [-0.4, -0.2) is 23.7 Å². The molecule has 1 atom stereocenters. The molecule has 5 nitrogen and oxygen atoms in total. The maximum absolute atomic E-state index is 12.6. The molecule has 3 aromatic carbocycles. The van der Waals surface area contributed by atoms with Crippen molar-refractivity contribution in [3.8, 4) is 5.75 Å². The zero-order valence-electron chi connectivity index (χ0n) is 14.2. The van der Waals surface area contributed by atoms with Gasteiger partial charge in [0, 0.05) is 5.56 Å². The van der Waals surface area contributed by atoms with E-state index in [-0.39, 0.29) is 17.9 Å². The van der Waals surface area contributed by atoms with E-state index in [1.807, 2.05) is 24.3 Å². The number of carbonyl (C=O) groups is 2. The Bertz CT molecular complexity index is 934. The zero-order chi connectivity index (χ0) is 18.5. The lowest BCUT2D eigenvalue weighted by molar-refractivity contribution is -0.153. The van der Waals surface area contributed by atoms with Crippen LogP contribution in [0.1, 0.15) is 28.9 Å². The van der Waals surface area contributed by atoms with Gasteiger partial charge in [0.25, 0.3) is 0 Å². The first-order valence-corrected chi connectivity index (χ1v) is 8.24. The minimum atomic E-state index is -1.20. The van der Waals surface area contributed by atoms with Gasteiger partial charge in [0.1, 0.15) is 11.3 Å². The SMILES string of the molecule is CCOC(=O)[C@H](OC(=O)c1cc2ccccc2cc1O)c1ccccc1. The number of phenols is 1. The lowest BCUT2D eigenvalue weighted by Gasteiger charge is -2.17. The molecule has 0 bridgehead atoms. The van der Waals surface area contributed by atoms with Crippen molar-refractivity contribution in [3.05, 3.63) is 77.9 Å². The molecule has 3 rings (SSSR count). The Labute approximate surface area is 150 Å². The molecule has 3 aromatic rings. The van der Waals surface area contributed by atoms with Gasteiger partial charge in [0.2, 0.25) is 6.10 Å². The number of carbonyl (C=O) groups excluding carboxylic acids is 2. The van der Waals surface area contributed by atoms with Crippen LogP contribution in [-0.2, 0) is 14.3 Å². The number of hydrogen-bond donors (Lipinski definition) is 1. The average Bonchev–Trinajstić information content (AvgIpc) is 2.66. The number of benzene rings is 3. The molecule has 0 aliphatic heterocycles. The molecule has 0 heterocycles. The summed E-state index contributed by atoms with van der Waals surface area (Å²) in [5.74, 6) is -1.66. The lowest BCUT2D eigenvalue weighted by atomic mass is 10.1. The fourth-order valence-corrected chi connectivity index (χ4v) is 2.66. The topological polar surface area (TPSA) is 72.8 Å². The Morgan fingerprint density at radius 1 is 0.962 bits per heavy atom. The molecule has 0 unspecified atom stereocenters. The third-order valence-corrected chi connectivity index (χ3v) is 3.91. The predicted molar refractivity (Wildman–Crippen MR) is 96.8 cm³/mol. The fourth-order valence-electron chi connectivity index (χ4n) is 2.66. The smallest absolute Gasteiger partial charge is 0.352 e. The number of aromatic hydroxyl groups is 1. The Morgan fingerprint density at radius 3 is 2.23 bits per heavy atom. The number of phenolic OH excluding ortho intramolecular Hbond substituents is 1. The monoisotopic (exact) mass is 350 g/mol. The van der Waals surface area contributed by atoms with Gasteiger partial charge in [0.05, 0.1) is 6.61 Å². The molecule has 0 aliphatic carbocycles. The molecule has 0 aliphatic rings. The van der Waals surface area contributed by atoms with Gasteiger partial charge < -0.3 is 14.6 Å². The molecule has 5 heteroatoms. The molecule has 0 saturated carbocycles. The van der Waals surface area contributed by atoms with Gasteiger partial charge in [0.15, 0.2) is 0 Å². The van der Waals surface area contributed by atoms with E-state index in [1.165, 1.54) is 6.07 Å². The Hall–Kier alpha value is -3.34. The normalized spacial score (nSPS) is 11.7. The average molecular weight is 350 g/mol. The van der Waals surface area contributed by atoms with Crippen LogP contribution in [0.2, 0.25) is 0 Å². The summed E-state index contributed by atoms with van der Waals surface area (Å²) in [5.41, 5.74) is 0.494. The Morgan fingerprint density at radius 2 is 1.58 bits per heavy atom. The minimum Gasteiger partial charge on any atom is -0.507 e. The van der Waals surface area contributed by atoms with E-state index >= 15 is 0 Å². The first kappa shape index (κ1) is 17.5. The van der Waals surface area contributed by atoms with Crippen molar-refractivity contribution in [2.75, 3.05) is 6.61 Å². The zero-order valence-corrected chi connectivity index (χ0v) is 14.2. The van der Waals surface area contributed by atoms with Crippen LogP contribution >= 0.6 is 0 Å². The maximum Gasteiger partial charge on any atom is 0.352 e. The van der Waals surface area contributed by atoms with Crippen LogP contribution in [0.5, 0.6) is 5.75 Å². The summed E-state index contributed by atoms with van der Waals surface area (Å²) in [6.07, 6.45) is -1.20. The molecule has 0 aromatic heterocycles. The predicted octanol–water partition coefficient (Wildman–Crippen LogP) is 4.01. The summed E-state index contributed by atoms with van der Waals surface area (Å²) >= 11 is 0. The van der Waals surface area contributed by atoms with Gasteiger partial charge in [-0.3, -0.25) is 0 Å². The Balaban J connectivity index is 1.93. The fraction of sp³-hybridized carbons (Fsp3) is 0.143. The van der Waals surface area contributed by atoms with Gasteiger partial charge in [-0.05, 0) is 29.8 Å². The third kappa shape index (κ3) is 3.67. The molecule has 1 N–H and O–H groups in total. The van der Waals surface area contributed by atoms with E-state index in [1.54, 1.807) is 43.3 Å². The highest BCUT2D eigenvalue weighted by molar-refractivity contribution is 5.99. The van der Waals surface area contributed by atoms with Crippen molar-refractivity contribution in [2.45, 2.75) is 13.0 Å². The van der Waals surface area contributed by atoms with Crippen LogP contribution in [0, 0.1) is 0 Å². The second-order valence-electron chi connectivity index (χ2n) is 5.66. The van der Waals surface area contributed by atoms with Crippen LogP contribution in [0.15, 0.2) is 66.7 Å². The largest absolute Gasteiger partial charge is 0.507 e. The summed E-state index contributed by atoms with van der Waals surface area (Å²) in [6, 6.07) is 19.0. The van der Waals surface area contributed by atoms with Crippen LogP contribution < -0.4 is 0 Å². The third-order valence-electron chi connectivity index (χ3n) is 3.91. The van der Waals surface area contributed by atoms with Crippen molar-refractivity contribution in [1.82, 2.24) is 0 Å². The highest BCUT2D eigenvalue weighted by Gasteiger charge is 2.28. The number of hydrogen-bond acceptors (Lipinski definition) is 5. The van der Waals surface area contributed by atoms with Crippen molar-refractivity contribution >= 4 is 22.7 Å². The minimum absolute atomic E-state index is 0.00562. The highest BCUT2D eigenvalue weighted by atomic mass is 16.6. The number of rotatable bonds is 5. The van der Waals surface area contributed by atoms with E-state index < -0.39 is 18.0 Å². The van der Waals surface area contributed by atoms with Crippen molar-refractivity contribution in [3.63, 3.8) is 0 Å². The van der Waals surface area contributed by atoms with E-state index in [4.69, 9.17) is 9.47 Å². The van der Waals surface area contributed by atoms with Crippen molar-refractivity contribution in [2.24, 2.45) is 0 Å². The van der Waals surface area contributed by atoms with Crippen molar-refractivity contribution < 1.29 is 24.2 Å². The van der Waals surface area contributed by atoms with E-state index in [2.05, 4.69) is 0 Å². The molecule has 26 heavy (non-hydrogen) atoms. The van der Waals surface area contributed by atoms with Crippen molar-refractivity contribution in [1.29, 1.82) is 0 Å². The highest BCUT2D eigenvalue weighted by Crippen LogP contribution is 2.28. The van der Waals surface area contributed by atoms with Gasteiger partial charge in [-0.15, -0.1) is 0 Å². The maximum atomic E-state index is 12.6. The molecule has 0 spiro atoms. The first-order chi connectivity index (χ1) is 12.6. The van der Waals surface area contributed by atoms with E-state index in [9.17, 15) is 14.7 Å². The number of ether oxygens (including phenoxy) is 2. The molecule has 0 amide bonds. The quantitative estimate of drug-likeness (QED) is 0.704. The summed E-state index contributed by atoms with van der Waals surface area (Å²) in [4.78, 5) is 24.9. The second-order valence-corrected chi connectivity index (χ2v) is 5.66. The van der Waals surface area contributed by atoms with Gasteiger partial charge in [-0.25, -0.2) is 9.59 Å². The molecule has 132 valence electrons. The standard InChI is InChI=1S/C21H18O5/c1-2-25-21(24)19(14-8-4-3-5-9-14)26-20(23)17-12-15-10-6-7-11-16(15)13-18(17)22/h3-13,19,22H,2H2,1H3/t19-/m1/s1. The molecule has 0 saturated heterocycles. The molecule has 0 fully saturated rings. The first-order valence-electron chi connectivity index (χ1n) is 8.24. The number of esters is 2. The summed E-state index contributed by atoms with van der Waals surface area (Å²) in [5, 5.41) is 11.8. The van der Waals surface area contributed by atoms with E-state index in [0.717, 1.165) is 10.8 Å². The molecular formula is C21H18O5. The lowest BCUT2D eigenvalue weighted by Crippen LogP contribution is -2.22. The number of fused-ring (bicyclic) bond motifs is 1. The van der Waals surface area contributed by atoms with E-state index in [0.29, 0.717) is 5.56 Å². The summed E-state index contributed by atoms with van der Waals surface area (Å²) < 4.78 is 10.4. The van der Waals surface area contributed by atoms with Gasteiger partial charge in [-0.2, -0.15) is 0 Å². The summed E-state index contributed by atoms with van der Waals surface area (Å²) in [6.45, 7) is 1.85.